The van der Waals surface area contributed by atoms with Crippen molar-refractivity contribution in [1.82, 2.24) is 9.97 Å². The van der Waals surface area contributed by atoms with E-state index in [2.05, 4.69) is 30.8 Å². The molecule has 2 unspecified atom stereocenters. The normalized spacial score (nSPS) is 24.3. The molecule has 1 aromatic heterocycles. The van der Waals surface area contributed by atoms with Crippen molar-refractivity contribution >= 4 is 44.3 Å². The molecule has 4 rings (SSSR count). The van der Waals surface area contributed by atoms with Crippen LogP contribution in [0.5, 0.6) is 0 Å². The van der Waals surface area contributed by atoms with Crippen LogP contribution in [0.1, 0.15) is 24.8 Å². The topological polar surface area (TPSA) is 29.0 Å². The molecule has 2 atom stereocenters. The summed E-state index contributed by atoms with van der Waals surface area (Å²) in [5, 5.41) is 0.860. The number of hydrogen-bond donors (Lipinski definition) is 0. The fourth-order valence-electron chi connectivity index (χ4n) is 3.91. The summed E-state index contributed by atoms with van der Waals surface area (Å²) in [6, 6.07) is 1.95. The molecule has 1 aromatic carbocycles. The van der Waals surface area contributed by atoms with Crippen LogP contribution in [0, 0.1) is 24.6 Å². The molecule has 2 fully saturated rings. The van der Waals surface area contributed by atoms with Gasteiger partial charge in [-0.15, -0.1) is 0 Å². The van der Waals surface area contributed by atoms with Gasteiger partial charge in [-0.05, 0) is 77.2 Å². The minimum atomic E-state index is -0.361. The zero-order chi connectivity index (χ0) is 15.4. The van der Waals surface area contributed by atoms with Crippen LogP contribution in [0.25, 0.3) is 10.9 Å². The van der Waals surface area contributed by atoms with Crippen LogP contribution in [-0.4, -0.2) is 23.1 Å². The number of halogens is 3. The number of aryl methyl sites for hydroxylation is 1. The highest BCUT2D eigenvalue weighted by molar-refractivity contribution is 9.10. The van der Waals surface area contributed by atoms with Gasteiger partial charge in [-0.2, -0.15) is 4.98 Å². The Labute approximate surface area is 142 Å². The fourth-order valence-corrected chi connectivity index (χ4v) is 4.38. The molecular weight excluding hydrogens is 369 g/mol. The van der Waals surface area contributed by atoms with Crippen molar-refractivity contribution in [1.29, 1.82) is 0 Å². The Hall–Kier alpha value is -0.940. The number of anilines is 1. The molecule has 2 heterocycles. The van der Waals surface area contributed by atoms with E-state index in [9.17, 15) is 4.39 Å². The van der Waals surface area contributed by atoms with Gasteiger partial charge in [-0.1, -0.05) is 0 Å². The van der Waals surface area contributed by atoms with Gasteiger partial charge in [0.1, 0.15) is 11.3 Å². The van der Waals surface area contributed by atoms with Crippen molar-refractivity contribution in [3.63, 3.8) is 0 Å². The Balaban J connectivity index is 1.90. The Morgan fingerprint density at radius 2 is 1.95 bits per heavy atom. The van der Waals surface area contributed by atoms with E-state index < -0.39 is 0 Å². The predicted molar refractivity (Wildman–Crippen MR) is 90.0 cm³/mol. The van der Waals surface area contributed by atoms with Gasteiger partial charge in [-0.3, -0.25) is 0 Å². The molecule has 2 aliphatic rings. The SMILES string of the molecule is Cc1cc2c(N3CC4CCC(C4)C3)nc(Cl)nc2c(F)c1Br. The van der Waals surface area contributed by atoms with Crippen LogP contribution >= 0.6 is 27.5 Å². The summed E-state index contributed by atoms with van der Waals surface area (Å²) >= 11 is 9.35. The van der Waals surface area contributed by atoms with Crippen LogP contribution in [0.4, 0.5) is 10.2 Å². The third-order valence-electron chi connectivity index (χ3n) is 4.91. The molecule has 1 saturated carbocycles. The molecule has 0 radical (unpaired) electrons. The van der Waals surface area contributed by atoms with E-state index in [0.29, 0.717) is 9.99 Å². The fraction of sp³-hybridized carbons (Fsp3) is 0.500. The summed E-state index contributed by atoms with van der Waals surface area (Å²) in [4.78, 5) is 10.8. The van der Waals surface area contributed by atoms with E-state index in [1.807, 2.05) is 13.0 Å². The summed E-state index contributed by atoms with van der Waals surface area (Å²) in [6.07, 6.45) is 3.89. The highest BCUT2D eigenvalue weighted by Gasteiger charge is 2.34. The number of nitrogens with zero attached hydrogens (tertiary/aromatic N) is 3. The first kappa shape index (κ1) is 14.6. The summed E-state index contributed by atoms with van der Waals surface area (Å²) in [5.74, 6) is 1.87. The molecule has 6 heteroatoms. The van der Waals surface area contributed by atoms with Crippen molar-refractivity contribution in [3.05, 3.63) is 27.2 Å². The number of hydrogen-bond acceptors (Lipinski definition) is 3. The minimum absolute atomic E-state index is 0.107. The van der Waals surface area contributed by atoms with Crippen LogP contribution < -0.4 is 4.90 Å². The van der Waals surface area contributed by atoms with E-state index in [0.717, 1.165) is 41.7 Å². The quantitative estimate of drug-likeness (QED) is 0.666. The molecule has 1 saturated heterocycles. The lowest BCUT2D eigenvalue weighted by atomic mass is 9.98. The van der Waals surface area contributed by atoms with Gasteiger partial charge >= 0.3 is 0 Å². The van der Waals surface area contributed by atoms with Crippen LogP contribution in [0.15, 0.2) is 10.5 Å². The standard InChI is InChI=1S/C16H16BrClFN3/c1-8-4-11-14(13(19)12(8)17)20-16(18)21-15(11)22-6-9-2-3-10(5-9)7-22/h4,9-10H,2-3,5-7H2,1H3. The van der Waals surface area contributed by atoms with E-state index in [1.54, 1.807) is 0 Å². The Kier molecular flexibility index (Phi) is 3.53. The molecule has 22 heavy (non-hydrogen) atoms. The second-order valence-electron chi connectivity index (χ2n) is 6.48. The lowest BCUT2D eigenvalue weighted by molar-refractivity contribution is 0.420. The van der Waals surface area contributed by atoms with Gasteiger partial charge in [0.2, 0.25) is 5.28 Å². The molecule has 0 amide bonds. The molecule has 0 spiro atoms. The van der Waals surface area contributed by atoms with Crippen molar-refractivity contribution in [2.75, 3.05) is 18.0 Å². The number of benzene rings is 1. The molecule has 0 N–H and O–H groups in total. The van der Waals surface area contributed by atoms with Crippen LogP contribution in [0.3, 0.4) is 0 Å². The third kappa shape index (κ3) is 2.29. The molecule has 2 aromatic rings. The van der Waals surface area contributed by atoms with E-state index in [-0.39, 0.29) is 11.1 Å². The van der Waals surface area contributed by atoms with Gasteiger partial charge in [0.25, 0.3) is 0 Å². The van der Waals surface area contributed by atoms with Crippen molar-refractivity contribution in [3.8, 4) is 0 Å². The molecule has 1 aliphatic heterocycles. The van der Waals surface area contributed by atoms with Gasteiger partial charge in [0.05, 0.1) is 4.47 Å². The Morgan fingerprint density at radius 1 is 1.27 bits per heavy atom. The van der Waals surface area contributed by atoms with Crippen molar-refractivity contribution < 1.29 is 4.39 Å². The van der Waals surface area contributed by atoms with Crippen molar-refractivity contribution in [2.24, 2.45) is 11.8 Å². The number of piperidine rings is 1. The average molecular weight is 385 g/mol. The molecule has 2 bridgehead atoms. The number of aromatic nitrogens is 2. The van der Waals surface area contributed by atoms with Crippen LogP contribution in [0.2, 0.25) is 5.28 Å². The minimum Gasteiger partial charge on any atom is -0.355 e. The maximum Gasteiger partial charge on any atom is 0.225 e. The summed E-state index contributed by atoms with van der Waals surface area (Å²) < 4.78 is 15.0. The summed E-state index contributed by atoms with van der Waals surface area (Å²) in [5.41, 5.74) is 1.14. The molecular formula is C16H16BrClFN3. The summed E-state index contributed by atoms with van der Waals surface area (Å²) in [7, 11) is 0. The lowest BCUT2D eigenvalue weighted by Crippen LogP contribution is -2.37. The second-order valence-corrected chi connectivity index (χ2v) is 7.61. The van der Waals surface area contributed by atoms with Crippen molar-refractivity contribution in [2.45, 2.75) is 26.2 Å². The smallest absolute Gasteiger partial charge is 0.225 e. The maximum atomic E-state index is 14.5. The first-order chi connectivity index (χ1) is 10.5. The monoisotopic (exact) mass is 383 g/mol. The summed E-state index contributed by atoms with van der Waals surface area (Å²) in [6.45, 7) is 3.84. The zero-order valence-corrected chi connectivity index (χ0v) is 14.6. The Morgan fingerprint density at radius 3 is 2.64 bits per heavy atom. The zero-order valence-electron chi connectivity index (χ0n) is 12.2. The first-order valence-electron chi connectivity index (χ1n) is 7.59. The van der Waals surface area contributed by atoms with E-state index in [1.165, 1.54) is 19.3 Å². The maximum absolute atomic E-state index is 14.5. The highest BCUT2D eigenvalue weighted by atomic mass is 79.9. The van der Waals surface area contributed by atoms with Gasteiger partial charge in [0.15, 0.2) is 5.82 Å². The van der Waals surface area contributed by atoms with E-state index in [4.69, 9.17) is 11.6 Å². The largest absolute Gasteiger partial charge is 0.355 e. The average Bonchev–Trinajstić information content (AvgIpc) is 2.84. The molecule has 1 aliphatic carbocycles. The first-order valence-corrected chi connectivity index (χ1v) is 8.77. The van der Waals surface area contributed by atoms with Gasteiger partial charge < -0.3 is 4.90 Å². The van der Waals surface area contributed by atoms with E-state index >= 15 is 0 Å². The molecule has 3 nitrogen and oxygen atoms in total. The van der Waals surface area contributed by atoms with Crippen LogP contribution in [-0.2, 0) is 0 Å². The lowest BCUT2D eigenvalue weighted by Gasteiger charge is -2.33. The highest BCUT2D eigenvalue weighted by Crippen LogP contribution is 2.40. The van der Waals surface area contributed by atoms with Gasteiger partial charge in [-0.25, -0.2) is 9.37 Å². The predicted octanol–water partition coefficient (Wildman–Crippen LogP) is 4.73. The number of fused-ring (bicyclic) bond motifs is 3. The Bertz CT molecular complexity index is 755. The van der Waals surface area contributed by atoms with Gasteiger partial charge in [0, 0.05) is 18.5 Å². The number of rotatable bonds is 1. The second kappa shape index (κ2) is 5.31. The third-order valence-corrected chi connectivity index (χ3v) is 6.06. The molecule has 116 valence electrons.